The molecule has 4 aliphatic carbocycles. The molecular weight excluding hydrogens is 521 g/mol. The Balaban J connectivity index is 1.55. The first-order valence-electron chi connectivity index (χ1n) is 13.9. The summed E-state index contributed by atoms with van der Waals surface area (Å²) in [6, 6.07) is -1.34. The van der Waals surface area contributed by atoms with Crippen molar-refractivity contribution in [3.05, 3.63) is 45.0 Å². The quantitative estimate of drug-likeness (QED) is 0.346. The number of carbonyl (C=O) groups is 3. The number of ketones is 2. The third kappa shape index (κ3) is 3.16. The summed E-state index contributed by atoms with van der Waals surface area (Å²) in [6.45, 7) is 5.05. The third-order valence-electron chi connectivity index (χ3n) is 10.1. The maximum Gasteiger partial charge on any atom is 0.255 e. The summed E-state index contributed by atoms with van der Waals surface area (Å²) in [6.07, 6.45) is 1.17. The zero-order valence-corrected chi connectivity index (χ0v) is 22.7. The lowest BCUT2D eigenvalue weighted by Crippen LogP contribution is -2.66. The Morgan fingerprint density at radius 1 is 1.15 bits per heavy atom. The van der Waals surface area contributed by atoms with Crippen LogP contribution in [0.25, 0.3) is 5.76 Å². The van der Waals surface area contributed by atoms with Crippen molar-refractivity contribution in [3.8, 4) is 5.75 Å². The number of Topliss-reactive ketones (excluding diaryl/α,β-unsaturated/α-hetero) is 2. The number of phenolic OH excluding ortho intramolecular Hbond substituents is 1. The molecule has 2 fully saturated rings. The number of likely N-dealkylation sites (tertiary alicyclic amines) is 1. The van der Waals surface area contributed by atoms with Gasteiger partial charge in [-0.3, -0.25) is 24.2 Å². The molecule has 0 aromatic heterocycles. The molecule has 1 saturated heterocycles. The van der Waals surface area contributed by atoms with E-state index in [-0.39, 0.29) is 47.3 Å². The fraction of sp³-hybridized carbons (Fsp3) is 0.552. The van der Waals surface area contributed by atoms with Gasteiger partial charge < -0.3 is 26.2 Å². The maximum absolute atomic E-state index is 16.3. The van der Waals surface area contributed by atoms with Crippen LogP contribution in [0.15, 0.2) is 16.9 Å². The maximum atomic E-state index is 16.3. The Morgan fingerprint density at radius 3 is 2.45 bits per heavy atom. The molecule has 40 heavy (non-hydrogen) atoms. The highest BCUT2D eigenvalue weighted by Crippen LogP contribution is 2.57. The second-order valence-electron chi connectivity index (χ2n) is 11.8. The molecule has 1 amide bonds. The van der Waals surface area contributed by atoms with E-state index < -0.39 is 63.9 Å². The summed E-state index contributed by atoms with van der Waals surface area (Å²) in [7, 11) is 1.92. The van der Waals surface area contributed by atoms with Gasteiger partial charge in [0.15, 0.2) is 11.4 Å². The first kappa shape index (κ1) is 26.9. The molecule has 10 nitrogen and oxygen atoms in total. The first-order valence-corrected chi connectivity index (χ1v) is 13.9. The van der Waals surface area contributed by atoms with Crippen LogP contribution in [0.5, 0.6) is 5.75 Å². The van der Waals surface area contributed by atoms with Gasteiger partial charge in [-0.2, -0.15) is 0 Å². The van der Waals surface area contributed by atoms with Crippen molar-refractivity contribution in [3.63, 3.8) is 0 Å². The highest BCUT2D eigenvalue weighted by molar-refractivity contribution is 6.24. The molecule has 5 aliphatic rings. The van der Waals surface area contributed by atoms with Gasteiger partial charge in [0, 0.05) is 34.2 Å². The number of hydrogen-bond donors (Lipinski definition) is 5. The molecule has 0 bridgehead atoms. The predicted molar refractivity (Wildman–Crippen MR) is 141 cm³/mol. The molecule has 1 saturated carbocycles. The van der Waals surface area contributed by atoms with Gasteiger partial charge in [0.25, 0.3) is 5.91 Å². The number of hydrogen-bond acceptors (Lipinski definition) is 9. The molecule has 0 radical (unpaired) electrons. The number of amides is 1. The molecule has 1 aromatic rings. The van der Waals surface area contributed by atoms with Gasteiger partial charge in [-0.05, 0) is 64.2 Å². The topological polar surface area (TPSA) is 165 Å². The number of likely N-dealkylation sites (N-methyl/N-ethyl adjacent to an activating group) is 1. The second kappa shape index (κ2) is 8.86. The molecule has 11 heteroatoms. The summed E-state index contributed by atoms with van der Waals surface area (Å²) < 4.78 is 16.3. The van der Waals surface area contributed by atoms with E-state index >= 15 is 4.39 Å². The Labute approximate surface area is 230 Å². The Bertz CT molecular complexity index is 1450. The monoisotopic (exact) mass is 555 g/mol. The van der Waals surface area contributed by atoms with Crippen LogP contribution in [-0.4, -0.2) is 86.0 Å². The van der Waals surface area contributed by atoms with Crippen LogP contribution >= 0.6 is 0 Å². The van der Waals surface area contributed by atoms with Gasteiger partial charge >= 0.3 is 0 Å². The lowest BCUT2D eigenvalue weighted by atomic mass is 9.57. The van der Waals surface area contributed by atoms with Crippen LogP contribution in [0.1, 0.15) is 55.0 Å². The van der Waals surface area contributed by atoms with E-state index in [2.05, 4.69) is 4.90 Å². The standard InChI is InChI=1S/C29H34FN3O7/c1-4-33(5-2)22-15-10-12-9-13-18(23(34)14-8-11-6-7-32(3)21(11)17(14)20(13)30)24(35)16(12)26(37)29(15,40)27(38)19(25(22)36)28(31)39/h11-12,15,21-22,34-35,38,40H,4-10H2,1-3H3,(H2,31,39)/t11?,12-,15-,21?,22-,29-/m0/s1. The molecule has 0 spiro atoms. The smallest absolute Gasteiger partial charge is 0.255 e. The molecule has 6 N–H and O–H groups in total. The summed E-state index contributed by atoms with van der Waals surface area (Å²) in [4.78, 5) is 43.6. The van der Waals surface area contributed by atoms with Crippen LogP contribution < -0.4 is 5.73 Å². The number of aliphatic hydroxyl groups is 3. The van der Waals surface area contributed by atoms with E-state index in [4.69, 9.17) is 5.73 Å². The number of primary amides is 1. The van der Waals surface area contributed by atoms with E-state index in [0.717, 1.165) is 13.0 Å². The number of aromatic hydroxyl groups is 1. The molecule has 1 aromatic carbocycles. The van der Waals surface area contributed by atoms with E-state index in [1.54, 1.807) is 18.7 Å². The van der Waals surface area contributed by atoms with Crippen LogP contribution in [-0.2, 0) is 27.2 Å². The zero-order chi connectivity index (χ0) is 29.0. The molecule has 2 unspecified atom stereocenters. The SMILES string of the molecule is CCN(CC)[C@@H]1C(=O)C(C(N)=O)=C(O)[C@@]2(O)C(=O)C3=C(O)c4c(O)c5c(c(F)c4C[C@H]3C[C@@H]12)C1C(CCN1C)C5. The molecular formula is C29H34FN3O7. The van der Waals surface area contributed by atoms with Gasteiger partial charge in [0.1, 0.15) is 28.7 Å². The van der Waals surface area contributed by atoms with Crippen molar-refractivity contribution < 1.29 is 39.2 Å². The minimum absolute atomic E-state index is 0.0485. The highest BCUT2D eigenvalue weighted by Gasteiger charge is 2.64. The van der Waals surface area contributed by atoms with Crippen molar-refractivity contribution in [2.75, 3.05) is 26.7 Å². The highest BCUT2D eigenvalue weighted by atomic mass is 19.1. The number of nitrogens with zero attached hydrogens (tertiary/aromatic N) is 2. The normalized spacial score (nSPS) is 33.2. The van der Waals surface area contributed by atoms with Crippen molar-refractivity contribution in [2.24, 2.45) is 23.5 Å². The lowest BCUT2D eigenvalue weighted by molar-refractivity contribution is -0.154. The Hall–Kier alpha value is -3.28. The molecule has 6 atom stereocenters. The number of benzene rings is 1. The summed E-state index contributed by atoms with van der Waals surface area (Å²) >= 11 is 0. The number of halogens is 1. The van der Waals surface area contributed by atoms with Crippen LogP contribution in [0.3, 0.4) is 0 Å². The molecule has 6 rings (SSSR count). The number of phenols is 1. The number of carbonyl (C=O) groups excluding carboxylic acids is 3. The van der Waals surface area contributed by atoms with Crippen molar-refractivity contribution in [2.45, 2.75) is 57.2 Å². The lowest BCUT2D eigenvalue weighted by Gasteiger charge is -2.51. The van der Waals surface area contributed by atoms with Gasteiger partial charge in [-0.15, -0.1) is 0 Å². The minimum atomic E-state index is -2.71. The second-order valence-corrected chi connectivity index (χ2v) is 11.8. The average Bonchev–Trinajstić information content (AvgIpc) is 3.46. The van der Waals surface area contributed by atoms with Crippen molar-refractivity contribution >= 4 is 23.2 Å². The molecule has 1 heterocycles. The predicted octanol–water partition coefficient (Wildman–Crippen LogP) is 1.43. The zero-order valence-electron chi connectivity index (χ0n) is 22.7. The fourth-order valence-corrected chi connectivity index (χ4v) is 8.32. The number of nitrogens with two attached hydrogens (primary N) is 1. The van der Waals surface area contributed by atoms with Gasteiger partial charge in [-0.1, -0.05) is 13.8 Å². The Kier molecular flexibility index (Phi) is 5.96. The molecule has 1 aliphatic heterocycles. The first-order chi connectivity index (χ1) is 18.9. The third-order valence-corrected chi connectivity index (χ3v) is 10.1. The van der Waals surface area contributed by atoms with E-state index in [1.807, 2.05) is 7.05 Å². The number of fused-ring (bicyclic) bond motifs is 6. The summed E-state index contributed by atoms with van der Waals surface area (Å²) in [5.74, 6) is -7.60. The number of aliphatic hydroxyl groups excluding tert-OH is 2. The van der Waals surface area contributed by atoms with Crippen LogP contribution in [0, 0.1) is 23.6 Å². The molecule has 214 valence electrons. The van der Waals surface area contributed by atoms with Gasteiger partial charge in [0.05, 0.1) is 11.6 Å². The van der Waals surface area contributed by atoms with Gasteiger partial charge in [0.2, 0.25) is 5.78 Å². The van der Waals surface area contributed by atoms with Crippen LogP contribution in [0.2, 0.25) is 0 Å². The van der Waals surface area contributed by atoms with E-state index in [1.165, 1.54) is 0 Å². The van der Waals surface area contributed by atoms with E-state index in [0.29, 0.717) is 30.6 Å². The van der Waals surface area contributed by atoms with Gasteiger partial charge in [-0.25, -0.2) is 4.39 Å². The largest absolute Gasteiger partial charge is 0.508 e. The number of rotatable bonds is 4. The minimum Gasteiger partial charge on any atom is -0.508 e. The van der Waals surface area contributed by atoms with E-state index in [9.17, 15) is 34.8 Å². The summed E-state index contributed by atoms with van der Waals surface area (Å²) in [5.41, 5.74) is 2.35. The fourth-order valence-electron chi connectivity index (χ4n) is 8.32. The Morgan fingerprint density at radius 2 is 1.82 bits per heavy atom. The van der Waals surface area contributed by atoms with Crippen molar-refractivity contribution in [1.29, 1.82) is 0 Å². The summed E-state index contributed by atoms with van der Waals surface area (Å²) in [5, 5.41) is 45.7. The van der Waals surface area contributed by atoms with Crippen LogP contribution in [0.4, 0.5) is 4.39 Å². The average molecular weight is 556 g/mol. The van der Waals surface area contributed by atoms with Crippen molar-refractivity contribution in [1.82, 2.24) is 9.80 Å².